The van der Waals surface area contributed by atoms with Crippen LogP contribution < -0.4 is 10.9 Å². The van der Waals surface area contributed by atoms with E-state index in [2.05, 4.69) is 15.4 Å². The van der Waals surface area contributed by atoms with Gasteiger partial charge >= 0.3 is 11.2 Å². The number of fused-ring (bicyclic) bond motifs is 1. The van der Waals surface area contributed by atoms with Crippen LogP contribution in [-0.2, 0) is 13.1 Å². The minimum absolute atomic E-state index is 0.0462. The first kappa shape index (κ1) is 17.4. The van der Waals surface area contributed by atoms with Gasteiger partial charge in [-0.3, -0.25) is 24.0 Å². The molecule has 0 unspecified atom stereocenters. The van der Waals surface area contributed by atoms with E-state index < -0.39 is 16.2 Å². The summed E-state index contributed by atoms with van der Waals surface area (Å²) < 4.78 is 2.96. The number of nitrogens with zero attached hydrogens (tertiary/aromatic N) is 5. The van der Waals surface area contributed by atoms with E-state index in [-0.39, 0.29) is 12.4 Å². The third kappa shape index (κ3) is 3.32. The molecule has 0 saturated carbocycles. The number of pyridine rings is 1. The Balaban J connectivity index is 1.67. The second-order valence-electron chi connectivity index (χ2n) is 6.13. The van der Waals surface area contributed by atoms with Gasteiger partial charge in [-0.05, 0) is 29.3 Å². The van der Waals surface area contributed by atoms with Crippen molar-refractivity contribution in [3.63, 3.8) is 0 Å². The maximum Gasteiger partial charge on any atom is 0.376 e. The Morgan fingerprint density at radius 3 is 2.57 bits per heavy atom. The van der Waals surface area contributed by atoms with Crippen LogP contribution in [0.2, 0.25) is 0 Å². The van der Waals surface area contributed by atoms with Crippen LogP contribution in [-0.4, -0.2) is 24.1 Å². The van der Waals surface area contributed by atoms with Crippen molar-refractivity contribution >= 4 is 17.2 Å². The van der Waals surface area contributed by atoms with E-state index in [0.29, 0.717) is 12.2 Å². The Hall–Kier alpha value is -4.01. The number of nitro groups is 1. The molecule has 28 heavy (non-hydrogen) atoms. The van der Waals surface area contributed by atoms with Crippen LogP contribution >= 0.6 is 0 Å². The smallest absolute Gasteiger partial charge is 0.360 e. The molecule has 4 aromatic rings. The Morgan fingerprint density at radius 2 is 1.82 bits per heavy atom. The van der Waals surface area contributed by atoms with Gasteiger partial charge in [0.05, 0.1) is 11.5 Å². The van der Waals surface area contributed by atoms with Gasteiger partial charge in [0.2, 0.25) is 5.82 Å². The van der Waals surface area contributed by atoms with Gasteiger partial charge < -0.3 is 5.32 Å². The fourth-order valence-electron chi connectivity index (χ4n) is 3.00. The number of anilines is 1. The van der Waals surface area contributed by atoms with Gasteiger partial charge in [-0.2, -0.15) is 5.10 Å². The summed E-state index contributed by atoms with van der Waals surface area (Å²) in [5.41, 5.74) is 0.989. The average Bonchev–Trinajstić information content (AvgIpc) is 3.20. The molecule has 0 radical (unpaired) electrons. The first-order valence-electron chi connectivity index (χ1n) is 8.57. The lowest BCUT2D eigenvalue weighted by molar-refractivity contribution is -0.385. The van der Waals surface area contributed by atoms with Crippen molar-refractivity contribution in [2.75, 3.05) is 5.32 Å². The van der Waals surface area contributed by atoms with Gasteiger partial charge in [0, 0.05) is 25.1 Å². The maximum absolute atomic E-state index is 12.5. The molecule has 0 fully saturated rings. The molecule has 3 heterocycles. The van der Waals surface area contributed by atoms with Crippen LogP contribution in [0, 0.1) is 10.1 Å². The summed E-state index contributed by atoms with van der Waals surface area (Å²) >= 11 is 0. The highest BCUT2D eigenvalue weighted by molar-refractivity contribution is 5.60. The molecule has 1 aromatic carbocycles. The normalized spacial score (nSPS) is 10.9. The predicted octanol–water partition coefficient (Wildman–Crippen LogP) is 2.46. The van der Waals surface area contributed by atoms with Crippen molar-refractivity contribution in [1.82, 2.24) is 19.2 Å². The van der Waals surface area contributed by atoms with Crippen LogP contribution in [0.25, 0.3) is 5.65 Å². The number of benzene rings is 1. The van der Waals surface area contributed by atoms with Gasteiger partial charge in [0.15, 0.2) is 0 Å². The molecule has 0 aliphatic carbocycles. The zero-order chi connectivity index (χ0) is 19.5. The zero-order valence-corrected chi connectivity index (χ0v) is 14.7. The topological polar surface area (TPSA) is 107 Å². The van der Waals surface area contributed by atoms with E-state index >= 15 is 0 Å². The standard InChI is InChI=1S/C19H16N6O3/c26-19-17(25(27)28)18(22-16-8-3-4-11-24(16)19)20-12-14-6-1-2-7-15(14)13-23-10-5-9-21-23/h1-11,20H,12-13H2. The summed E-state index contributed by atoms with van der Waals surface area (Å²) in [4.78, 5) is 27.6. The van der Waals surface area contributed by atoms with Crippen molar-refractivity contribution in [3.8, 4) is 0 Å². The molecule has 0 spiro atoms. The number of hydrogen-bond donors (Lipinski definition) is 1. The van der Waals surface area contributed by atoms with Gasteiger partial charge in [-0.15, -0.1) is 0 Å². The Morgan fingerprint density at radius 1 is 1.04 bits per heavy atom. The van der Waals surface area contributed by atoms with E-state index in [9.17, 15) is 14.9 Å². The highest BCUT2D eigenvalue weighted by atomic mass is 16.6. The molecule has 0 aliphatic rings. The second-order valence-corrected chi connectivity index (χ2v) is 6.13. The lowest BCUT2D eigenvalue weighted by atomic mass is 10.1. The van der Waals surface area contributed by atoms with E-state index in [1.165, 1.54) is 6.20 Å². The van der Waals surface area contributed by atoms with E-state index in [4.69, 9.17) is 0 Å². The molecule has 0 amide bonds. The first-order chi connectivity index (χ1) is 13.6. The molecular formula is C19H16N6O3. The monoisotopic (exact) mass is 376 g/mol. The van der Waals surface area contributed by atoms with Crippen LogP contribution in [0.4, 0.5) is 11.5 Å². The summed E-state index contributed by atoms with van der Waals surface area (Å²) in [5.74, 6) is -0.0462. The van der Waals surface area contributed by atoms with Crippen molar-refractivity contribution in [3.05, 3.63) is 98.7 Å². The van der Waals surface area contributed by atoms with Gasteiger partial charge in [0.25, 0.3) is 0 Å². The van der Waals surface area contributed by atoms with E-state index in [1.54, 1.807) is 29.1 Å². The Kier molecular flexibility index (Phi) is 4.55. The van der Waals surface area contributed by atoms with Crippen LogP contribution in [0.5, 0.6) is 0 Å². The van der Waals surface area contributed by atoms with Crippen molar-refractivity contribution in [2.45, 2.75) is 13.1 Å². The molecule has 3 aromatic heterocycles. The predicted molar refractivity (Wildman–Crippen MR) is 103 cm³/mol. The summed E-state index contributed by atoms with van der Waals surface area (Å²) in [7, 11) is 0. The summed E-state index contributed by atoms with van der Waals surface area (Å²) in [5, 5.41) is 18.6. The van der Waals surface area contributed by atoms with E-state index in [1.807, 2.05) is 36.5 Å². The molecule has 4 rings (SSSR count). The molecule has 9 nitrogen and oxygen atoms in total. The van der Waals surface area contributed by atoms with Crippen molar-refractivity contribution < 1.29 is 4.92 Å². The fourth-order valence-corrected chi connectivity index (χ4v) is 3.00. The third-order valence-electron chi connectivity index (χ3n) is 4.35. The zero-order valence-electron chi connectivity index (χ0n) is 14.7. The summed E-state index contributed by atoms with van der Waals surface area (Å²) in [6.07, 6.45) is 5.03. The minimum atomic E-state index is -0.720. The van der Waals surface area contributed by atoms with E-state index in [0.717, 1.165) is 15.5 Å². The molecule has 0 bridgehead atoms. The number of rotatable bonds is 6. The molecular weight excluding hydrogens is 360 g/mol. The van der Waals surface area contributed by atoms with Gasteiger partial charge in [0.1, 0.15) is 5.65 Å². The fraction of sp³-hybridized carbons (Fsp3) is 0.105. The molecule has 9 heteroatoms. The highest BCUT2D eigenvalue weighted by Crippen LogP contribution is 2.20. The third-order valence-corrected chi connectivity index (χ3v) is 4.35. The lowest BCUT2D eigenvalue weighted by Gasteiger charge is -2.12. The number of aromatic nitrogens is 4. The lowest BCUT2D eigenvalue weighted by Crippen LogP contribution is -2.21. The Labute approximate surface area is 159 Å². The molecule has 140 valence electrons. The van der Waals surface area contributed by atoms with Gasteiger partial charge in [-0.25, -0.2) is 4.98 Å². The van der Waals surface area contributed by atoms with Crippen molar-refractivity contribution in [2.24, 2.45) is 0 Å². The minimum Gasteiger partial charge on any atom is -0.360 e. The number of hydrogen-bond acceptors (Lipinski definition) is 6. The second kappa shape index (κ2) is 7.31. The van der Waals surface area contributed by atoms with Crippen LogP contribution in [0.15, 0.2) is 71.9 Å². The summed E-state index contributed by atoms with van der Waals surface area (Å²) in [6, 6.07) is 14.5. The maximum atomic E-state index is 12.5. The Bertz CT molecular complexity index is 1200. The molecule has 1 N–H and O–H groups in total. The molecule has 0 aliphatic heterocycles. The average molecular weight is 376 g/mol. The summed E-state index contributed by atoms with van der Waals surface area (Å²) in [6.45, 7) is 0.856. The van der Waals surface area contributed by atoms with Crippen LogP contribution in [0.3, 0.4) is 0 Å². The van der Waals surface area contributed by atoms with Gasteiger partial charge in [-0.1, -0.05) is 30.3 Å². The molecule has 0 saturated heterocycles. The number of nitrogens with one attached hydrogen (secondary N) is 1. The SMILES string of the molecule is O=c1c([N+](=O)[O-])c(NCc2ccccc2Cn2cccn2)nc2ccccn12. The van der Waals surface area contributed by atoms with Crippen molar-refractivity contribution in [1.29, 1.82) is 0 Å². The molecule has 0 atom stereocenters. The quantitative estimate of drug-likeness (QED) is 0.409. The largest absolute Gasteiger partial charge is 0.376 e. The first-order valence-corrected chi connectivity index (χ1v) is 8.57. The van der Waals surface area contributed by atoms with Crippen LogP contribution in [0.1, 0.15) is 11.1 Å². The highest BCUT2D eigenvalue weighted by Gasteiger charge is 2.23.